The molecule has 0 bridgehead atoms. The molecule has 0 aliphatic carbocycles. The van der Waals surface area contributed by atoms with Gasteiger partial charge in [0.05, 0.1) is 0 Å². The molecule has 1 aromatic carbocycles. The molecule has 0 fully saturated rings. The molecule has 19 heavy (non-hydrogen) atoms. The highest BCUT2D eigenvalue weighted by Gasteiger charge is 2.51. The third-order valence-corrected chi connectivity index (χ3v) is 15.1. The number of benzene rings is 1. The normalized spacial score (nSPS) is 20.7. The zero-order valence-corrected chi connectivity index (χ0v) is 15.5. The third-order valence-electron chi connectivity index (χ3n) is 4.91. The first kappa shape index (κ1) is 15.0. The predicted octanol–water partition coefficient (Wildman–Crippen LogP) is 4.28. The van der Waals surface area contributed by atoms with Crippen molar-refractivity contribution in [1.82, 2.24) is 0 Å². The first-order valence-electron chi connectivity index (χ1n) is 7.50. The van der Waals surface area contributed by atoms with Crippen LogP contribution < -0.4 is 5.19 Å². The summed E-state index contributed by atoms with van der Waals surface area (Å²) in [4.78, 5) is 0. The fourth-order valence-corrected chi connectivity index (χ4v) is 14.9. The van der Waals surface area contributed by atoms with Gasteiger partial charge in [0.2, 0.25) is 8.32 Å². The number of hydrogen-bond acceptors (Lipinski definition) is 1. The molecule has 1 aromatic rings. The van der Waals surface area contributed by atoms with Crippen LogP contribution in [-0.4, -0.2) is 16.6 Å². The van der Waals surface area contributed by atoms with Crippen LogP contribution in [0.25, 0.3) is 0 Å². The Bertz CT molecular complexity index is 470. The second-order valence-electron chi connectivity index (χ2n) is 7.15. The van der Waals surface area contributed by atoms with Gasteiger partial charge < -0.3 is 4.12 Å². The van der Waals surface area contributed by atoms with E-state index in [0.717, 1.165) is 0 Å². The van der Waals surface area contributed by atoms with E-state index in [1.807, 2.05) is 0 Å². The summed E-state index contributed by atoms with van der Waals surface area (Å²) in [7, 11) is -3.44. The minimum absolute atomic E-state index is 0.687. The summed E-state index contributed by atoms with van der Waals surface area (Å²) in [6.07, 6.45) is 0. The van der Waals surface area contributed by atoms with Crippen molar-refractivity contribution in [2.75, 3.05) is 0 Å². The monoisotopic (exact) mass is 292 g/mol. The molecule has 0 aromatic heterocycles. The summed E-state index contributed by atoms with van der Waals surface area (Å²) in [5.41, 5.74) is 4.47. The van der Waals surface area contributed by atoms with Gasteiger partial charge >= 0.3 is 0 Å². The molecule has 0 saturated heterocycles. The van der Waals surface area contributed by atoms with Crippen LogP contribution in [0.5, 0.6) is 0 Å². The molecular weight excluding hydrogens is 264 g/mol. The standard InChI is InChI=1S/C16H28OSi2/c1-12(2)19(13(3)4)11-15-14(5)9-8-10-16(15)18(6,7)17-19/h8-10,12-13H,11H2,1-7H3. The van der Waals surface area contributed by atoms with E-state index in [9.17, 15) is 0 Å². The van der Waals surface area contributed by atoms with Gasteiger partial charge in [-0.05, 0) is 53.5 Å². The van der Waals surface area contributed by atoms with E-state index in [2.05, 4.69) is 65.9 Å². The SMILES string of the molecule is Cc1cccc2c1C[Si](C(C)C)(C(C)C)O[Si]2(C)C. The van der Waals surface area contributed by atoms with Crippen LogP contribution in [0.2, 0.25) is 24.2 Å². The molecule has 2 rings (SSSR count). The maximum absolute atomic E-state index is 6.94. The van der Waals surface area contributed by atoms with Crippen molar-refractivity contribution in [3.63, 3.8) is 0 Å². The molecule has 0 N–H and O–H groups in total. The highest BCUT2D eigenvalue weighted by molar-refractivity contribution is 6.95. The van der Waals surface area contributed by atoms with Crippen LogP contribution >= 0.6 is 0 Å². The van der Waals surface area contributed by atoms with Crippen LogP contribution in [0.4, 0.5) is 0 Å². The number of hydrogen-bond donors (Lipinski definition) is 0. The van der Waals surface area contributed by atoms with Gasteiger partial charge in [0.25, 0.3) is 0 Å². The summed E-state index contributed by atoms with van der Waals surface area (Å²) >= 11 is 0. The Morgan fingerprint density at radius 3 is 2.16 bits per heavy atom. The average molecular weight is 293 g/mol. The van der Waals surface area contributed by atoms with Gasteiger partial charge in [-0.3, -0.25) is 0 Å². The van der Waals surface area contributed by atoms with Crippen LogP contribution in [0, 0.1) is 6.92 Å². The maximum atomic E-state index is 6.94. The van der Waals surface area contributed by atoms with E-state index in [0.29, 0.717) is 11.1 Å². The molecule has 0 amide bonds. The van der Waals surface area contributed by atoms with Crippen molar-refractivity contribution in [3.05, 3.63) is 29.3 Å². The Balaban J connectivity index is 2.61. The van der Waals surface area contributed by atoms with Gasteiger partial charge in [0.15, 0.2) is 8.32 Å². The minimum atomic E-state index is -1.74. The predicted molar refractivity (Wildman–Crippen MR) is 89.0 cm³/mol. The number of fused-ring (bicyclic) bond motifs is 1. The van der Waals surface area contributed by atoms with Crippen molar-refractivity contribution in [2.45, 2.75) is 64.8 Å². The average Bonchev–Trinajstić information content (AvgIpc) is 2.29. The number of rotatable bonds is 2. The topological polar surface area (TPSA) is 9.23 Å². The van der Waals surface area contributed by atoms with Crippen molar-refractivity contribution in [2.24, 2.45) is 0 Å². The molecule has 3 heteroatoms. The Hall–Kier alpha value is -0.386. The lowest BCUT2D eigenvalue weighted by Crippen LogP contribution is -2.64. The summed E-state index contributed by atoms with van der Waals surface area (Å²) in [6, 6.07) is 7.99. The lowest BCUT2D eigenvalue weighted by atomic mass is 10.1. The van der Waals surface area contributed by atoms with Crippen molar-refractivity contribution < 1.29 is 4.12 Å². The van der Waals surface area contributed by atoms with Crippen LogP contribution in [0.3, 0.4) is 0 Å². The van der Waals surface area contributed by atoms with Crippen molar-refractivity contribution in [3.8, 4) is 0 Å². The van der Waals surface area contributed by atoms with Gasteiger partial charge in [-0.15, -0.1) is 0 Å². The molecular formula is C16H28OSi2. The van der Waals surface area contributed by atoms with Gasteiger partial charge in [-0.2, -0.15) is 0 Å². The molecule has 1 aliphatic heterocycles. The van der Waals surface area contributed by atoms with Gasteiger partial charge in [0, 0.05) is 0 Å². The lowest BCUT2D eigenvalue weighted by molar-refractivity contribution is 0.492. The van der Waals surface area contributed by atoms with Crippen molar-refractivity contribution >= 4 is 21.8 Å². The van der Waals surface area contributed by atoms with E-state index < -0.39 is 16.6 Å². The summed E-state index contributed by atoms with van der Waals surface area (Å²) < 4.78 is 6.94. The largest absolute Gasteiger partial charge is 0.451 e. The maximum Gasteiger partial charge on any atom is 0.206 e. The van der Waals surface area contributed by atoms with Gasteiger partial charge in [0.1, 0.15) is 0 Å². The molecule has 106 valence electrons. The fraction of sp³-hybridized carbons (Fsp3) is 0.625. The molecule has 0 unspecified atom stereocenters. The molecule has 1 heterocycles. The van der Waals surface area contributed by atoms with E-state index in [4.69, 9.17) is 4.12 Å². The Kier molecular flexibility index (Phi) is 3.84. The van der Waals surface area contributed by atoms with Crippen LogP contribution in [0.15, 0.2) is 18.2 Å². The molecule has 0 spiro atoms. The van der Waals surface area contributed by atoms with E-state index in [-0.39, 0.29) is 0 Å². The third kappa shape index (κ3) is 2.36. The second kappa shape index (κ2) is 4.86. The molecule has 0 atom stereocenters. The van der Waals surface area contributed by atoms with E-state index >= 15 is 0 Å². The molecule has 1 nitrogen and oxygen atoms in total. The van der Waals surface area contributed by atoms with Gasteiger partial charge in [-0.25, -0.2) is 0 Å². The van der Waals surface area contributed by atoms with Crippen LogP contribution in [0.1, 0.15) is 38.8 Å². The first-order chi connectivity index (χ1) is 8.70. The van der Waals surface area contributed by atoms with Gasteiger partial charge in [-0.1, -0.05) is 45.9 Å². The first-order valence-corrected chi connectivity index (χ1v) is 12.7. The highest BCUT2D eigenvalue weighted by atomic mass is 28.4. The minimum Gasteiger partial charge on any atom is -0.451 e. The Labute approximate surface area is 120 Å². The highest BCUT2D eigenvalue weighted by Crippen LogP contribution is 2.41. The summed E-state index contributed by atoms with van der Waals surface area (Å²) in [5.74, 6) is 0. The lowest BCUT2D eigenvalue weighted by Gasteiger charge is -2.49. The zero-order chi connectivity index (χ0) is 14.4. The van der Waals surface area contributed by atoms with Crippen LogP contribution in [-0.2, 0) is 10.2 Å². The van der Waals surface area contributed by atoms with E-state index in [1.165, 1.54) is 16.8 Å². The van der Waals surface area contributed by atoms with E-state index in [1.54, 1.807) is 5.56 Å². The number of aryl methyl sites for hydroxylation is 1. The molecule has 1 aliphatic rings. The summed E-state index contributed by atoms with van der Waals surface area (Å²) in [5, 5.41) is 1.54. The summed E-state index contributed by atoms with van der Waals surface area (Å²) in [6.45, 7) is 16.5. The smallest absolute Gasteiger partial charge is 0.206 e. The Morgan fingerprint density at radius 2 is 1.63 bits per heavy atom. The Morgan fingerprint density at radius 1 is 1.05 bits per heavy atom. The molecule has 0 radical (unpaired) electrons. The zero-order valence-electron chi connectivity index (χ0n) is 13.5. The quantitative estimate of drug-likeness (QED) is 0.739. The fourth-order valence-electron chi connectivity index (χ4n) is 3.65. The molecule has 0 saturated carbocycles. The second-order valence-corrected chi connectivity index (χ2v) is 16.1. The van der Waals surface area contributed by atoms with Crippen molar-refractivity contribution in [1.29, 1.82) is 0 Å².